The minimum atomic E-state index is -0.832. The van der Waals surface area contributed by atoms with Crippen molar-refractivity contribution in [1.29, 1.82) is 0 Å². The normalized spacial score (nSPS) is 14.4. The molecule has 0 radical (unpaired) electrons. The first kappa shape index (κ1) is 19.1. The third-order valence-corrected chi connectivity index (χ3v) is 3.51. The Bertz CT molecular complexity index is 517. The first-order valence-corrected chi connectivity index (χ1v) is 8.03. The number of hydrogen-bond acceptors (Lipinski definition) is 3. The zero-order valence-electron chi connectivity index (χ0n) is 13.6. The quantitative estimate of drug-likeness (QED) is 0.579. The van der Waals surface area contributed by atoms with Gasteiger partial charge in [0.05, 0.1) is 12.2 Å². The molecule has 0 aliphatic carbocycles. The monoisotopic (exact) mass is 318 g/mol. The van der Waals surface area contributed by atoms with Crippen molar-refractivity contribution in [2.24, 2.45) is 0 Å². The van der Waals surface area contributed by atoms with Crippen LogP contribution in [0.2, 0.25) is 0 Å². The van der Waals surface area contributed by atoms with Gasteiger partial charge in [0.25, 0.3) is 0 Å². The van der Waals surface area contributed by atoms with Crippen LogP contribution in [-0.2, 0) is 11.2 Å². The summed E-state index contributed by atoms with van der Waals surface area (Å²) in [6, 6.07) is 8.01. The Kier molecular flexibility index (Phi) is 8.95. The van der Waals surface area contributed by atoms with Crippen LogP contribution in [0, 0.1) is 0 Å². The molecule has 1 aromatic rings. The molecule has 23 heavy (non-hydrogen) atoms. The lowest BCUT2D eigenvalue weighted by molar-refractivity contribution is -0.137. The molecule has 126 valence electrons. The Labute approximate surface area is 137 Å². The lowest BCUT2D eigenvalue weighted by Crippen LogP contribution is -2.04. The van der Waals surface area contributed by atoms with Gasteiger partial charge >= 0.3 is 5.97 Å². The molecule has 0 saturated carbocycles. The fraction of sp³-hybridized carbons (Fsp3) is 0.421. The Morgan fingerprint density at radius 1 is 1.13 bits per heavy atom. The van der Waals surface area contributed by atoms with Crippen LogP contribution in [0.5, 0.6) is 0 Å². The summed E-state index contributed by atoms with van der Waals surface area (Å²) in [7, 11) is 0. The van der Waals surface area contributed by atoms with E-state index < -0.39 is 18.2 Å². The highest BCUT2D eigenvalue weighted by Crippen LogP contribution is 2.09. The molecule has 0 saturated heterocycles. The van der Waals surface area contributed by atoms with Gasteiger partial charge in [-0.3, -0.25) is 4.79 Å². The standard InChI is InChI=1S/C19H26O4/c1-2-17(20)14-13-16-11-9-15(10-12-16)5-3-6-18(21)7-4-8-19(22)23/h3,6,9-14,17-18,20-21H,2,4-5,7-8H2,1H3,(H,22,23)/b6-3+,14-13+/t17-,18-/m1/s1. The summed E-state index contributed by atoms with van der Waals surface area (Å²) in [6.45, 7) is 1.93. The lowest BCUT2D eigenvalue weighted by atomic mass is 10.1. The van der Waals surface area contributed by atoms with Crippen LogP contribution >= 0.6 is 0 Å². The molecule has 2 atom stereocenters. The van der Waals surface area contributed by atoms with Gasteiger partial charge in [0, 0.05) is 6.42 Å². The first-order valence-electron chi connectivity index (χ1n) is 8.03. The van der Waals surface area contributed by atoms with E-state index in [0.29, 0.717) is 19.3 Å². The molecule has 0 unspecified atom stereocenters. The van der Waals surface area contributed by atoms with Crippen molar-refractivity contribution in [3.63, 3.8) is 0 Å². The Balaban J connectivity index is 2.38. The van der Waals surface area contributed by atoms with E-state index in [1.807, 2.05) is 43.3 Å². The van der Waals surface area contributed by atoms with Crippen LogP contribution in [0.15, 0.2) is 42.5 Å². The largest absolute Gasteiger partial charge is 0.481 e. The van der Waals surface area contributed by atoms with E-state index in [2.05, 4.69) is 0 Å². The molecule has 0 aliphatic rings. The fourth-order valence-electron chi connectivity index (χ4n) is 2.04. The van der Waals surface area contributed by atoms with Crippen LogP contribution < -0.4 is 0 Å². The molecule has 3 N–H and O–H groups in total. The van der Waals surface area contributed by atoms with E-state index in [4.69, 9.17) is 5.11 Å². The van der Waals surface area contributed by atoms with Gasteiger partial charge in [0.2, 0.25) is 0 Å². The highest BCUT2D eigenvalue weighted by atomic mass is 16.4. The smallest absolute Gasteiger partial charge is 0.303 e. The number of aliphatic hydroxyl groups excluding tert-OH is 2. The summed E-state index contributed by atoms with van der Waals surface area (Å²) in [4.78, 5) is 10.4. The topological polar surface area (TPSA) is 77.8 Å². The molecule has 4 heteroatoms. The summed E-state index contributed by atoms with van der Waals surface area (Å²) in [6.07, 6.45) is 8.76. The highest BCUT2D eigenvalue weighted by Gasteiger charge is 2.02. The number of hydrogen-bond donors (Lipinski definition) is 3. The average Bonchev–Trinajstić information content (AvgIpc) is 2.53. The summed E-state index contributed by atoms with van der Waals surface area (Å²) in [5, 5.41) is 27.7. The Morgan fingerprint density at radius 3 is 2.43 bits per heavy atom. The number of allylic oxidation sites excluding steroid dienone is 1. The van der Waals surface area contributed by atoms with Crippen molar-refractivity contribution in [2.45, 2.75) is 51.2 Å². The Hall–Kier alpha value is -1.91. The van der Waals surface area contributed by atoms with Gasteiger partial charge in [-0.15, -0.1) is 0 Å². The maximum Gasteiger partial charge on any atom is 0.303 e. The van der Waals surface area contributed by atoms with Crippen molar-refractivity contribution in [3.05, 3.63) is 53.6 Å². The molecular formula is C19H26O4. The van der Waals surface area contributed by atoms with Gasteiger partial charge in [-0.1, -0.05) is 55.5 Å². The number of carbonyl (C=O) groups is 1. The van der Waals surface area contributed by atoms with Crippen molar-refractivity contribution < 1.29 is 20.1 Å². The molecule has 1 aromatic carbocycles. The van der Waals surface area contributed by atoms with Gasteiger partial charge in [-0.05, 0) is 36.8 Å². The van der Waals surface area contributed by atoms with Gasteiger partial charge in [0.15, 0.2) is 0 Å². The zero-order chi connectivity index (χ0) is 17.1. The third kappa shape index (κ3) is 8.96. The van der Waals surface area contributed by atoms with E-state index in [1.165, 1.54) is 0 Å². The maximum atomic E-state index is 10.4. The molecule has 4 nitrogen and oxygen atoms in total. The molecule has 0 spiro atoms. The van der Waals surface area contributed by atoms with Crippen molar-refractivity contribution in [3.8, 4) is 0 Å². The highest BCUT2D eigenvalue weighted by molar-refractivity contribution is 5.66. The van der Waals surface area contributed by atoms with Crippen molar-refractivity contribution >= 4 is 12.0 Å². The number of aliphatic hydroxyl groups is 2. The maximum absolute atomic E-state index is 10.4. The predicted octanol–water partition coefficient (Wildman–Crippen LogP) is 3.19. The van der Waals surface area contributed by atoms with E-state index in [0.717, 1.165) is 17.5 Å². The zero-order valence-corrected chi connectivity index (χ0v) is 13.6. The van der Waals surface area contributed by atoms with Gasteiger partial charge in [-0.25, -0.2) is 0 Å². The molecule has 0 bridgehead atoms. The van der Waals surface area contributed by atoms with Crippen LogP contribution in [0.4, 0.5) is 0 Å². The van der Waals surface area contributed by atoms with Crippen LogP contribution in [0.1, 0.15) is 43.7 Å². The SMILES string of the molecule is CC[C@@H](O)/C=C/c1ccc(C/C=C/[C@@H](O)CCCC(=O)O)cc1. The van der Waals surface area contributed by atoms with E-state index >= 15 is 0 Å². The minimum Gasteiger partial charge on any atom is -0.481 e. The summed E-state index contributed by atoms with van der Waals surface area (Å²) in [5.41, 5.74) is 2.17. The second-order valence-corrected chi connectivity index (χ2v) is 5.56. The van der Waals surface area contributed by atoms with Crippen LogP contribution in [0.25, 0.3) is 6.08 Å². The number of carboxylic acid groups (broad SMARTS) is 1. The molecule has 0 aromatic heterocycles. The second-order valence-electron chi connectivity index (χ2n) is 5.56. The number of benzene rings is 1. The van der Waals surface area contributed by atoms with Crippen molar-refractivity contribution in [2.75, 3.05) is 0 Å². The van der Waals surface area contributed by atoms with E-state index in [1.54, 1.807) is 12.2 Å². The molecule has 0 fully saturated rings. The summed E-state index contributed by atoms with van der Waals surface area (Å²) in [5.74, 6) is -0.832. The van der Waals surface area contributed by atoms with Crippen molar-refractivity contribution in [1.82, 2.24) is 0 Å². The number of rotatable bonds is 10. The summed E-state index contributed by atoms with van der Waals surface area (Å²) >= 11 is 0. The summed E-state index contributed by atoms with van der Waals surface area (Å²) < 4.78 is 0. The Morgan fingerprint density at radius 2 is 1.83 bits per heavy atom. The van der Waals surface area contributed by atoms with E-state index in [9.17, 15) is 15.0 Å². The fourth-order valence-corrected chi connectivity index (χ4v) is 2.04. The van der Waals surface area contributed by atoms with Gasteiger partial charge in [0.1, 0.15) is 0 Å². The van der Waals surface area contributed by atoms with Crippen LogP contribution in [0.3, 0.4) is 0 Å². The van der Waals surface area contributed by atoms with Gasteiger partial charge in [-0.2, -0.15) is 0 Å². The third-order valence-electron chi connectivity index (χ3n) is 3.51. The average molecular weight is 318 g/mol. The number of aliphatic carboxylic acids is 1. The first-order chi connectivity index (χ1) is 11.0. The molecular weight excluding hydrogens is 292 g/mol. The second kappa shape index (κ2) is 10.8. The molecule has 0 heterocycles. The molecule has 1 rings (SSSR count). The van der Waals surface area contributed by atoms with Crippen LogP contribution in [-0.4, -0.2) is 33.5 Å². The molecule has 0 amide bonds. The molecule has 0 aliphatic heterocycles. The number of carboxylic acids is 1. The van der Waals surface area contributed by atoms with E-state index in [-0.39, 0.29) is 6.42 Å². The van der Waals surface area contributed by atoms with Gasteiger partial charge < -0.3 is 15.3 Å². The minimum absolute atomic E-state index is 0.0899. The predicted molar refractivity (Wildman–Crippen MR) is 92.1 cm³/mol. The lowest BCUT2D eigenvalue weighted by Gasteiger charge is -2.04.